The number of aryl methyl sites for hydroxylation is 1. The van der Waals surface area contributed by atoms with Gasteiger partial charge >= 0.3 is 0 Å². The third-order valence-corrected chi connectivity index (χ3v) is 5.40. The van der Waals surface area contributed by atoms with Crippen LogP contribution in [0.4, 0.5) is 0 Å². The third-order valence-electron chi connectivity index (χ3n) is 5.40. The van der Waals surface area contributed by atoms with Crippen LogP contribution in [0.25, 0.3) is 0 Å². The van der Waals surface area contributed by atoms with Gasteiger partial charge in [0, 0.05) is 12.6 Å². The van der Waals surface area contributed by atoms with Crippen molar-refractivity contribution >= 4 is 5.91 Å². The standard InChI is InChI=1S/C22H26N2O3/c1-16-5-2-3-6-18(16)14-23-22(25)15-24-10-4-7-19(24)17-8-9-20-21(13-17)27-12-11-26-20/h2-3,5-6,8-9,13,19H,4,7,10-12,14-15H2,1H3,(H,23,25)/t19-/m1/s1. The van der Waals surface area contributed by atoms with Crippen molar-refractivity contribution in [1.82, 2.24) is 10.2 Å². The van der Waals surface area contributed by atoms with Gasteiger partial charge in [-0.25, -0.2) is 0 Å². The number of carbonyl (C=O) groups is 1. The van der Waals surface area contributed by atoms with E-state index < -0.39 is 0 Å². The van der Waals surface area contributed by atoms with E-state index >= 15 is 0 Å². The minimum Gasteiger partial charge on any atom is -0.486 e. The molecule has 2 heterocycles. The normalized spacial score (nSPS) is 19.1. The van der Waals surface area contributed by atoms with Crippen molar-refractivity contribution < 1.29 is 14.3 Å². The SMILES string of the molecule is Cc1ccccc1CNC(=O)CN1CCC[C@@H]1c1ccc2c(c1)OCCO2. The quantitative estimate of drug-likeness (QED) is 0.883. The second-order valence-electron chi connectivity index (χ2n) is 7.23. The van der Waals surface area contributed by atoms with Gasteiger partial charge in [0.15, 0.2) is 11.5 Å². The predicted molar refractivity (Wildman–Crippen MR) is 104 cm³/mol. The molecule has 1 saturated heterocycles. The van der Waals surface area contributed by atoms with Crippen molar-refractivity contribution in [3.63, 3.8) is 0 Å². The lowest BCUT2D eigenvalue weighted by Crippen LogP contribution is -2.36. The third kappa shape index (κ3) is 4.08. The fourth-order valence-corrected chi connectivity index (χ4v) is 3.90. The molecule has 2 aromatic carbocycles. The van der Waals surface area contributed by atoms with E-state index in [0.29, 0.717) is 26.3 Å². The molecule has 27 heavy (non-hydrogen) atoms. The molecule has 1 atom stereocenters. The maximum absolute atomic E-state index is 12.5. The van der Waals surface area contributed by atoms with E-state index in [2.05, 4.69) is 41.4 Å². The van der Waals surface area contributed by atoms with Crippen LogP contribution < -0.4 is 14.8 Å². The Morgan fingerprint density at radius 3 is 2.81 bits per heavy atom. The minimum atomic E-state index is 0.0719. The number of rotatable bonds is 5. The molecule has 0 unspecified atom stereocenters. The first-order valence-corrected chi connectivity index (χ1v) is 9.65. The highest BCUT2D eigenvalue weighted by atomic mass is 16.6. The van der Waals surface area contributed by atoms with Crippen molar-refractivity contribution in [2.24, 2.45) is 0 Å². The lowest BCUT2D eigenvalue weighted by Gasteiger charge is -2.26. The van der Waals surface area contributed by atoms with Crippen LogP contribution in [0.1, 0.15) is 35.6 Å². The average molecular weight is 366 g/mol. The number of nitrogens with one attached hydrogen (secondary N) is 1. The lowest BCUT2D eigenvalue weighted by atomic mass is 10.0. The van der Waals surface area contributed by atoms with E-state index in [0.717, 1.165) is 36.4 Å². The average Bonchev–Trinajstić information content (AvgIpc) is 3.15. The smallest absolute Gasteiger partial charge is 0.234 e. The van der Waals surface area contributed by atoms with Crippen LogP contribution in [-0.4, -0.2) is 37.1 Å². The van der Waals surface area contributed by atoms with Crippen molar-refractivity contribution in [1.29, 1.82) is 0 Å². The topological polar surface area (TPSA) is 50.8 Å². The summed E-state index contributed by atoms with van der Waals surface area (Å²) in [5.74, 6) is 1.70. The maximum atomic E-state index is 12.5. The fraction of sp³-hybridized carbons (Fsp3) is 0.409. The van der Waals surface area contributed by atoms with Crippen LogP contribution in [0.2, 0.25) is 0 Å². The van der Waals surface area contributed by atoms with Crippen molar-refractivity contribution in [3.8, 4) is 11.5 Å². The van der Waals surface area contributed by atoms with E-state index in [1.165, 1.54) is 11.1 Å². The van der Waals surface area contributed by atoms with Crippen LogP contribution in [0.3, 0.4) is 0 Å². The van der Waals surface area contributed by atoms with Gasteiger partial charge in [0.1, 0.15) is 13.2 Å². The largest absolute Gasteiger partial charge is 0.486 e. The molecule has 0 radical (unpaired) electrons. The summed E-state index contributed by atoms with van der Waals surface area (Å²) in [5, 5.41) is 3.06. The number of hydrogen-bond acceptors (Lipinski definition) is 4. The summed E-state index contributed by atoms with van der Waals surface area (Å²) < 4.78 is 11.3. The van der Waals surface area contributed by atoms with Gasteiger partial charge in [0.05, 0.1) is 6.54 Å². The van der Waals surface area contributed by atoms with Crippen LogP contribution in [0.5, 0.6) is 11.5 Å². The van der Waals surface area contributed by atoms with Crippen molar-refractivity contribution in [2.75, 3.05) is 26.3 Å². The zero-order valence-corrected chi connectivity index (χ0v) is 15.7. The van der Waals surface area contributed by atoms with Gasteiger partial charge in [-0.1, -0.05) is 30.3 Å². The second-order valence-corrected chi connectivity index (χ2v) is 7.23. The Bertz CT molecular complexity index is 821. The molecule has 2 aromatic rings. The molecule has 5 heteroatoms. The minimum absolute atomic E-state index is 0.0719. The Morgan fingerprint density at radius 1 is 1.15 bits per heavy atom. The molecule has 4 rings (SSSR count). The molecule has 1 fully saturated rings. The summed E-state index contributed by atoms with van der Waals surface area (Å²) in [5.41, 5.74) is 3.56. The first-order valence-electron chi connectivity index (χ1n) is 9.65. The van der Waals surface area contributed by atoms with Gasteiger partial charge in [0.2, 0.25) is 5.91 Å². The van der Waals surface area contributed by atoms with Crippen molar-refractivity contribution in [2.45, 2.75) is 32.4 Å². The number of amides is 1. The molecule has 0 bridgehead atoms. The van der Waals surface area contributed by atoms with Gasteiger partial charge in [-0.05, 0) is 55.1 Å². The van der Waals surface area contributed by atoms with Crippen molar-refractivity contribution in [3.05, 3.63) is 59.2 Å². The summed E-state index contributed by atoms with van der Waals surface area (Å²) in [6.45, 7) is 5.20. The van der Waals surface area contributed by atoms with Crippen LogP contribution in [-0.2, 0) is 11.3 Å². The van der Waals surface area contributed by atoms with Gasteiger partial charge in [-0.15, -0.1) is 0 Å². The highest BCUT2D eigenvalue weighted by Gasteiger charge is 2.28. The summed E-state index contributed by atoms with van der Waals surface area (Å²) >= 11 is 0. The zero-order valence-electron chi connectivity index (χ0n) is 15.7. The summed E-state index contributed by atoms with van der Waals surface area (Å²) in [7, 11) is 0. The summed E-state index contributed by atoms with van der Waals surface area (Å²) in [4.78, 5) is 14.8. The first-order chi connectivity index (χ1) is 13.2. The number of benzene rings is 2. The first kappa shape index (κ1) is 17.9. The van der Waals surface area contributed by atoms with Gasteiger partial charge in [-0.2, -0.15) is 0 Å². The van der Waals surface area contributed by atoms with E-state index in [-0.39, 0.29) is 11.9 Å². The molecular weight excluding hydrogens is 340 g/mol. The Kier molecular flexibility index (Phi) is 5.30. The monoisotopic (exact) mass is 366 g/mol. The Labute approximate surface area is 160 Å². The van der Waals surface area contributed by atoms with E-state index in [1.54, 1.807) is 0 Å². The van der Waals surface area contributed by atoms with E-state index in [9.17, 15) is 4.79 Å². The number of nitrogens with zero attached hydrogens (tertiary/aromatic N) is 1. The van der Waals surface area contributed by atoms with Gasteiger partial charge in [0.25, 0.3) is 0 Å². The molecule has 5 nitrogen and oxygen atoms in total. The Balaban J connectivity index is 1.38. The molecule has 0 spiro atoms. The van der Waals surface area contributed by atoms with Gasteiger partial charge < -0.3 is 14.8 Å². The maximum Gasteiger partial charge on any atom is 0.234 e. The number of hydrogen-bond donors (Lipinski definition) is 1. The fourth-order valence-electron chi connectivity index (χ4n) is 3.90. The Hall–Kier alpha value is -2.53. The zero-order chi connectivity index (χ0) is 18.6. The van der Waals surface area contributed by atoms with Gasteiger partial charge in [-0.3, -0.25) is 9.69 Å². The molecule has 0 aromatic heterocycles. The second kappa shape index (κ2) is 8.01. The summed E-state index contributed by atoms with van der Waals surface area (Å²) in [6.07, 6.45) is 2.16. The number of fused-ring (bicyclic) bond motifs is 1. The molecule has 2 aliphatic heterocycles. The van der Waals surface area contributed by atoms with E-state index in [1.807, 2.05) is 18.2 Å². The molecule has 142 valence electrons. The van der Waals surface area contributed by atoms with E-state index in [4.69, 9.17) is 9.47 Å². The molecule has 1 N–H and O–H groups in total. The summed E-state index contributed by atoms with van der Waals surface area (Å²) in [6, 6.07) is 14.6. The van der Waals surface area contributed by atoms with Crippen LogP contribution in [0, 0.1) is 6.92 Å². The number of ether oxygens (including phenoxy) is 2. The molecule has 0 saturated carbocycles. The van der Waals surface area contributed by atoms with Crippen LogP contribution in [0.15, 0.2) is 42.5 Å². The lowest BCUT2D eigenvalue weighted by molar-refractivity contribution is -0.122. The molecule has 0 aliphatic carbocycles. The van der Waals surface area contributed by atoms with Crippen LogP contribution >= 0.6 is 0 Å². The highest BCUT2D eigenvalue weighted by Crippen LogP contribution is 2.37. The molecule has 1 amide bonds. The predicted octanol–water partition coefficient (Wildman–Crippen LogP) is 3.22. The number of likely N-dealkylation sites (tertiary alicyclic amines) is 1. The molecular formula is C22H26N2O3. The number of carbonyl (C=O) groups excluding carboxylic acids is 1. The molecule has 2 aliphatic rings. The Morgan fingerprint density at radius 2 is 1.96 bits per heavy atom. The highest BCUT2D eigenvalue weighted by molar-refractivity contribution is 5.78.